The molecule has 2 rings (SSSR count). The molecule has 0 fully saturated rings. The van der Waals surface area contributed by atoms with Crippen LogP contribution in [-0.2, 0) is 13.5 Å². The molecule has 0 saturated heterocycles. The number of fused-ring (bicyclic) bond motifs is 1. The largest absolute Gasteiger partial charge is 0.348 e. The Labute approximate surface area is 105 Å². The van der Waals surface area contributed by atoms with Gasteiger partial charge in [-0.2, -0.15) is 0 Å². The summed E-state index contributed by atoms with van der Waals surface area (Å²) in [6, 6.07) is 6.46. The molecule has 0 bridgehead atoms. The molecule has 3 heteroatoms. The topological polar surface area (TPSA) is 30.9 Å². The van der Waals surface area contributed by atoms with Crippen LogP contribution >= 0.6 is 15.9 Å². The summed E-state index contributed by atoms with van der Waals surface area (Å²) in [7, 11) is 2.12. The van der Waals surface area contributed by atoms with Crippen molar-refractivity contribution in [1.82, 2.24) is 4.57 Å². The van der Waals surface area contributed by atoms with Crippen molar-refractivity contribution < 1.29 is 0 Å². The second kappa shape index (κ2) is 4.60. The lowest BCUT2D eigenvalue weighted by atomic mass is 10.1. The molecule has 0 aliphatic rings. The van der Waals surface area contributed by atoms with Crippen LogP contribution in [-0.4, -0.2) is 11.1 Å². The fourth-order valence-electron chi connectivity index (χ4n) is 2.21. The molecule has 0 saturated carbocycles. The zero-order valence-corrected chi connectivity index (χ0v) is 11.3. The Morgan fingerprint density at radius 1 is 1.38 bits per heavy atom. The molecule has 0 atom stereocenters. The van der Waals surface area contributed by atoms with Gasteiger partial charge < -0.3 is 10.3 Å². The first-order chi connectivity index (χ1) is 7.65. The maximum atomic E-state index is 5.59. The van der Waals surface area contributed by atoms with Gasteiger partial charge in [-0.05, 0) is 50.1 Å². The van der Waals surface area contributed by atoms with E-state index in [1.54, 1.807) is 0 Å². The van der Waals surface area contributed by atoms with Gasteiger partial charge in [-0.3, -0.25) is 0 Å². The van der Waals surface area contributed by atoms with Gasteiger partial charge in [0, 0.05) is 28.1 Å². The van der Waals surface area contributed by atoms with Gasteiger partial charge >= 0.3 is 0 Å². The SMILES string of the molecule is Cc1c(CCCN)c2cc(Br)ccc2n1C. The van der Waals surface area contributed by atoms with Crippen LogP contribution in [0, 0.1) is 6.92 Å². The fraction of sp³-hybridized carbons (Fsp3) is 0.385. The number of hydrogen-bond donors (Lipinski definition) is 1. The molecule has 2 nitrogen and oxygen atoms in total. The van der Waals surface area contributed by atoms with Crippen molar-refractivity contribution in [3.63, 3.8) is 0 Å². The van der Waals surface area contributed by atoms with Crippen LogP contribution in [0.4, 0.5) is 0 Å². The summed E-state index contributed by atoms with van der Waals surface area (Å²) < 4.78 is 3.40. The molecule has 1 heterocycles. The number of halogens is 1. The van der Waals surface area contributed by atoms with Gasteiger partial charge in [0.1, 0.15) is 0 Å². The van der Waals surface area contributed by atoms with Crippen molar-refractivity contribution in [2.45, 2.75) is 19.8 Å². The van der Waals surface area contributed by atoms with Crippen LogP contribution in [0.2, 0.25) is 0 Å². The van der Waals surface area contributed by atoms with Gasteiger partial charge in [-0.1, -0.05) is 15.9 Å². The van der Waals surface area contributed by atoms with Gasteiger partial charge in [0.15, 0.2) is 0 Å². The van der Waals surface area contributed by atoms with Crippen molar-refractivity contribution in [1.29, 1.82) is 0 Å². The van der Waals surface area contributed by atoms with Crippen LogP contribution in [0.1, 0.15) is 17.7 Å². The van der Waals surface area contributed by atoms with Crippen LogP contribution < -0.4 is 5.73 Å². The molecule has 0 aliphatic heterocycles. The van der Waals surface area contributed by atoms with Crippen molar-refractivity contribution in [2.24, 2.45) is 12.8 Å². The average Bonchev–Trinajstić information content (AvgIpc) is 2.50. The first-order valence-electron chi connectivity index (χ1n) is 5.58. The monoisotopic (exact) mass is 280 g/mol. The molecule has 1 aromatic heterocycles. The molecule has 0 aliphatic carbocycles. The zero-order valence-electron chi connectivity index (χ0n) is 9.76. The number of rotatable bonds is 3. The number of aryl methyl sites for hydroxylation is 2. The van der Waals surface area contributed by atoms with Gasteiger partial charge in [-0.15, -0.1) is 0 Å². The highest BCUT2D eigenvalue weighted by atomic mass is 79.9. The van der Waals surface area contributed by atoms with Gasteiger partial charge in [0.05, 0.1) is 0 Å². The first-order valence-corrected chi connectivity index (χ1v) is 6.38. The van der Waals surface area contributed by atoms with Crippen molar-refractivity contribution in [3.05, 3.63) is 33.9 Å². The molecule has 2 aromatic rings. The Bertz CT molecular complexity index is 514. The van der Waals surface area contributed by atoms with E-state index in [0.717, 1.165) is 23.9 Å². The first kappa shape index (κ1) is 11.7. The zero-order chi connectivity index (χ0) is 11.7. The van der Waals surface area contributed by atoms with E-state index in [4.69, 9.17) is 5.73 Å². The standard InChI is InChI=1S/C13H17BrN2/c1-9-11(4-3-7-15)12-8-10(14)5-6-13(12)16(9)2/h5-6,8H,3-4,7,15H2,1-2H3. The van der Waals surface area contributed by atoms with Crippen molar-refractivity contribution in [2.75, 3.05) is 6.54 Å². The third kappa shape index (κ3) is 1.89. The Morgan fingerprint density at radius 2 is 2.12 bits per heavy atom. The second-order valence-electron chi connectivity index (χ2n) is 4.18. The highest BCUT2D eigenvalue weighted by Crippen LogP contribution is 2.28. The van der Waals surface area contributed by atoms with E-state index in [2.05, 4.69) is 52.7 Å². The molecule has 0 spiro atoms. The Balaban J connectivity index is 2.61. The Hall–Kier alpha value is -0.800. The summed E-state index contributed by atoms with van der Waals surface area (Å²) in [5, 5.41) is 1.35. The molecule has 16 heavy (non-hydrogen) atoms. The summed E-state index contributed by atoms with van der Waals surface area (Å²) in [4.78, 5) is 0. The third-order valence-electron chi connectivity index (χ3n) is 3.22. The van der Waals surface area contributed by atoms with E-state index in [1.807, 2.05) is 0 Å². The van der Waals surface area contributed by atoms with Gasteiger partial charge in [0.2, 0.25) is 0 Å². The predicted octanol–water partition coefficient (Wildman–Crippen LogP) is 3.14. The van der Waals surface area contributed by atoms with Crippen molar-refractivity contribution >= 4 is 26.8 Å². The molecular weight excluding hydrogens is 264 g/mol. The van der Waals surface area contributed by atoms with E-state index in [-0.39, 0.29) is 0 Å². The summed E-state index contributed by atoms with van der Waals surface area (Å²) in [6.45, 7) is 2.93. The van der Waals surface area contributed by atoms with Crippen LogP contribution in [0.5, 0.6) is 0 Å². The quantitative estimate of drug-likeness (QED) is 0.920. The fourth-order valence-corrected chi connectivity index (χ4v) is 2.58. The smallest absolute Gasteiger partial charge is 0.0483 e. The molecule has 1 aromatic carbocycles. The minimum atomic E-state index is 0.754. The lowest BCUT2D eigenvalue weighted by Gasteiger charge is -2.01. The number of nitrogens with zero attached hydrogens (tertiary/aromatic N) is 1. The normalized spacial score (nSPS) is 11.2. The third-order valence-corrected chi connectivity index (χ3v) is 3.71. The van der Waals surface area contributed by atoms with E-state index in [0.29, 0.717) is 0 Å². The number of benzene rings is 1. The van der Waals surface area contributed by atoms with Gasteiger partial charge in [0.25, 0.3) is 0 Å². The van der Waals surface area contributed by atoms with Crippen LogP contribution in [0.15, 0.2) is 22.7 Å². The maximum Gasteiger partial charge on any atom is 0.0483 e. The van der Waals surface area contributed by atoms with E-state index < -0.39 is 0 Å². The minimum absolute atomic E-state index is 0.754. The number of aromatic nitrogens is 1. The lowest BCUT2D eigenvalue weighted by molar-refractivity contribution is 0.816. The molecule has 2 N–H and O–H groups in total. The van der Waals surface area contributed by atoms with Gasteiger partial charge in [-0.25, -0.2) is 0 Å². The lowest BCUT2D eigenvalue weighted by Crippen LogP contribution is -2.01. The molecule has 86 valence electrons. The van der Waals surface area contributed by atoms with Crippen molar-refractivity contribution in [3.8, 4) is 0 Å². The maximum absolute atomic E-state index is 5.59. The molecule has 0 unspecified atom stereocenters. The molecule has 0 radical (unpaired) electrons. The van der Waals surface area contributed by atoms with Crippen LogP contribution in [0.3, 0.4) is 0 Å². The van der Waals surface area contributed by atoms with E-state index in [9.17, 15) is 0 Å². The molecular formula is C13H17BrN2. The number of nitrogens with two attached hydrogens (primary N) is 1. The average molecular weight is 281 g/mol. The highest BCUT2D eigenvalue weighted by molar-refractivity contribution is 9.10. The predicted molar refractivity (Wildman–Crippen MR) is 72.7 cm³/mol. The Kier molecular flexibility index (Phi) is 3.36. The minimum Gasteiger partial charge on any atom is -0.348 e. The van der Waals surface area contributed by atoms with Crippen LogP contribution in [0.25, 0.3) is 10.9 Å². The summed E-state index contributed by atoms with van der Waals surface area (Å²) in [5.41, 5.74) is 9.67. The summed E-state index contributed by atoms with van der Waals surface area (Å²) in [5.74, 6) is 0. The van der Waals surface area contributed by atoms with E-state index in [1.165, 1.54) is 22.2 Å². The summed E-state index contributed by atoms with van der Waals surface area (Å²) in [6.07, 6.45) is 2.11. The number of hydrogen-bond acceptors (Lipinski definition) is 1. The second-order valence-corrected chi connectivity index (χ2v) is 5.09. The van der Waals surface area contributed by atoms with E-state index >= 15 is 0 Å². The molecule has 0 amide bonds. The summed E-state index contributed by atoms with van der Waals surface area (Å²) >= 11 is 3.53. The highest BCUT2D eigenvalue weighted by Gasteiger charge is 2.11. The Morgan fingerprint density at radius 3 is 2.81 bits per heavy atom.